The number of rotatable bonds is 4. The molecule has 0 aromatic heterocycles. The largest absolute Gasteiger partial charge is 0.495 e. The summed E-state index contributed by atoms with van der Waals surface area (Å²) in [6.45, 7) is 0. The first-order chi connectivity index (χ1) is 10.0. The molecule has 7 heteroatoms. The van der Waals surface area contributed by atoms with Gasteiger partial charge >= 0.3 is 0 Å². The van der Waals surface area contributed by atoms with Crippen molar-refractivity contribution >= 4 is 22.4 Å². The van der Waals surface area contributed by atoms with Gasteiger partial charge in [0.2, 0.25) is 10.0 Å². The molecule has 2 saturated heterocycles. The zero-order chi connectivity index (χ0) is 15.0. The quantitative estimate of drug-likeness (QED) is 0.906. The third-order valence-electron chi connectivity index (χ3n) is 4.69. The van der Waals surface area contributed by atoms with E-state index in [1.165, 1.54) is 11.4 Å². The van der Waals surface area contributed by atoms with E-state index < -0.39 is 10.0 Å². The third-order valence-corrected chi connectivity index (χ3v) is 6.64. The molecule has 0 aliphatic carbocycles. The van der Waals surface area contributed by atoms with Crippen molar-refractivity contribution in [2.75, 3.05) is 14.2 Å². The van der Waals surface area contributed by atoms with Gasteiger partial charge in [0.1, 0.15) is 10.6 Å². The van der Waals surface area contributed by atoms with Gasteiger partial charge in [-0.05, 0) is 37.8 Å². The van der Waals surface area contributed by atoms with Crippen molar-refractivity contribution < 1.29 is 13.2 Å². The molecule has 1 aromatic carbocycles. The maximum Gasteiger partial charge on any atom is 0.246 e. The molecule has 2 bridgehead atoms. The minimum absolute atomic E-state index is 0. The highest BCUT2D eigenvalue weighted by atomic mass is 35.5. The van der Waals surface area contributed by atoms with Crippen molar-refractivity contribution in [3.8, 4) is 5.75 Å². The van der Waals surface area contributed by atoms with Gasteiger partial charge in [-0.2, -0.15) is 4.31 Å². The molecule has 0 amide bonds. The number of hydrogen-bond acceptors (Lipinski definition) is 4. The Labute approximate surface area is 138 Å². The van der Waals surface area contributed by atoms with Crippen LogP contribution in [0.5, 0.6) is 5.75 Å². The van der Waals surface area contributed by atoms with Crippen molar-refractivity contribution in [2.45, 2.75) is 48.7 Å². The summed E-state index contributed by atoms with van der Waals surface area (Å²) < 4.78 is 32.5. The predicted octanol–water partition coefficient (Wildman–Crippen LogP) is 2.02. The molecule has 0 radical (unpaired) electrons. The lowest BCUT2D eigenvalue weighted by Gasteiger charge is -2.35. The highest BCUT2D eigenvalue weighted by Crippen LogP contribution is 2.33. The number of hydrogen-bond donors (Lipinski definition) is 1. The first kappa shape index (κ1) is 17.5. The van der Waals surface area contributed by atoms with Crippen molar-refractivity contribution in [3.05, 3.63) is 24.3 Å². The number of piperidine rings is 1. The Kier molecular flexibility index (Phi) is 5.37. The molecule has 22 heavy (non-hydrogen) atoms. The van der Waals surface area contributed by atoms with E-state index in [0.29, 0.717) is 17.8 Å². The van der Waals surface area contributed by atoms with Gasteiger partial charge in [0.25, 0.3) is 0 Å². The molecular formula is C15H23ClN2O3S. The van der Waals surface area contributed by atoms with Crippen molar-refractivity contribution in [1.82, 2.24) is 9.62 Å². The summed E-state index contributed by atoms with van der Waals surface area (Å²) in [5.41, 5.74) is 0. The molecule has 2 unspecified atom stereocenters. The second kappa shape index (κ2) is 6.74. The lowest BCUT2D eigenvalue weighted by molar-refractivity contribution is 0.251. The summed E-state index contributed by atoms with van der Waals surface area (Å²) in [6.07, 6.45) is 4.09. The summed E-state index contributed by atoms with van der Waals surface area (Å²) >= 11 is 0. The molecule has 2 aliphatic heterocycles. The molecule has 3 rings (SSSR count). The third kappa shape index (κ3) is 3.11. The first-order valence-corrected chi connectivity index (χ1v) is 8.83. The number of halogens is 1. The molecule has 1 N–H and O–H groups in total. The molecule has 0 spiro atoms. The van der Waals surface area contributed by atoms with Crippen LogP contribution in [0.2, 0.25) is 0 Å². The van der Waals surface area contributed by atoms with E-state index in [1.54, 1.807) is 31.3 Å². The van der Waals surface area contributed by atoms with Crippen molar-refractivity contribution in [2.24, 2.45) is 0 Å². The van der Waals surface area contributed by atoms with E-state index in [9.17, 15) is 8.42 Å². The van der Waals surface area contributed by atoms with Crippen LogP contribution in [0.1, 0.15) is 25.7 Å². The van der Waals surface area contributed by atoms with E-state index in [2.05, 4.69) is 5.32 Å². The number of fused-ring (bicyclic) bond motifs is 2. The fourth-order valence-corrected chi connectivity index (χ4v) is 5.04. The Balaban J connectivity index is 0.00000176. The number of benzene rings is 1. The molecule has 124 valence electrons. The fraction of sp³-hybridized carbons (Fsp3) is 0.600. The minimum atomic E-state index is -3.52. The van der Waals surface area contributed by atoms with Crippen LogP contribution >= 0.6 is 12.4 Å². The Morgan fingerprint density at radius 3 is 2.36 bits per heavy atom. The SMILES string of the molecule is COc1ccccc1S(=O)(=O)N(C)C1CC2CCC(C1)N2.Cl. The average Bonchev–Trinajstić information content (AvgIpc) is 2.84. The van der Waals surface area contributed by atoms with Gasteiger partial charge in [0, 0.05) is 25.2 Å². The van der Waals surface area contributed by atoms with E-state index in [-0.39, 0.29) is 23.3 Å². The molecule has 5 nitrogen and oxygen atoms in total. The van der Waals surface area contributed by atoms with Crippen molar-refractivity contribution in [3.63, 3.8) is 0 Å². The molecule has 2 fully saturated rings. The maximum absolute atomic E-state index is 12.9. The van der Waals surface area contributed by atoms with Gasteiger partial charge in [-0.1, -0.05) is 12.1 Å². The summed E-state index contributed by atoms with van der Waals surface area (Å²) in [5, 5.41) is 3.54. The second-order valence-electron chi connectivity index (χ2n) is 5.94. The first-order valence-electron chi connectivity index (χ1n) is 7.39. The second-order valence-corrected chi connectivity index (χ2v) is 7.90. The molecule has 0 saturated carbocycles. The van der Waals surface area contributed by atoms with E-state index in [0.717, 1.165) is 25.7 Å². The Hall–Kier alpha value is -0.820. The summed E-state index contributed by atoms with van der Waals surface area (Å²) in [7, 11) is -0.329. The minimum Gasteiger partial charge on any atom is -0.495 e. The van der Waals surface area contributed by atoms with Crippen LogP contribution < -0.4 is 10.1 Å². The fourth-order valence-electron chi connectivity index (χ4n) is 3.51. The predicted molar refractivity (Wildman–Crippen MR) is 88.2 cm³/mol. The Morgan fingerprint density at radius 1 is 1.18 bits per heavy atom. The highest BCUT2D eigenvalue weighted by Gasteiger charge is 2.39. The lowest BCUT2D eigenvalue weighted by Crippen LogP contribution is -2.48. The summed E-state index contributed by atoms with van der Waals surface area (Å²) in [5.74, 6) is 0.404. The van der Waals surface area contributed by atoms with Gasteiger partial charge in [0.05, 0.1) is 7.11 Å². The zero-order valence-corrected chi connectivity index (χ0v) is 14.5. The lowest BCUT2D eigenvalue weighted by atomic mass is 10.0. The summed E-state index contributed by atoms with van der Waals surface area (Å²) in [4.78, 5) is 0.251. The van der Waals surface area contributed by atoms with Gasteiger partial charge in [-0.15, -0.1) is 12.4 Å². The van der Waals surface area contributed by atoms with E-state index >= 15 is 0 Å². The van der Waals surface area contributed by atoms with Gasteiger partial charge < -0.3 is 10.1 Å². The van der Waals surface area contributed by atoms with E-state index in [4.69, 9.17) is 4.74 Å². The zero-order valence-electron chi connectivity index (χ0n) is 12.9. The normalized spacial score (nSPS) is 27.5. The topological polar surface area (TPSA) is 58.6 Å². The van der Waals surface area contributed by atoms with Gasteiger partial charge in [0.15, 0.2) is 0 Å². The van der Waals surface area contributed by atoms with Crippen LogP contribution in [-0.2, 0) is 10.0 Å². The molecule has 2 atom stereocenters. The molecule has 2 aliphatic rings. The van der Waals surface area contributed by atoms with Crippen LogP contribution in [0.3, 0.4) is 0 Å². The van der Waals surface area contributed by atoms with Crippen molar-refractivity contribution in [1.29, 1.82) is 0 Å². The number of nitrogens with one attached hydrogen (secondary N) is 1. The molecule has 2 heterocycles. The number of sulfonamides is 1. The van der Waals surface area contributed by atoms with Crippen LogP contribution in [0.15, 0.2) is 29.2 Å². The highest BCUT2D eigenvalue weighted by molar-refractivity contribution is 7.89. The van der Waals surface area contributed by atoms with Crippen LogP contribution in [0, 0.1) is 0 Å². The number of nitrogens with zero attached hydrogens (tertiary/aromatic N) is 1. The maximum atomic E-state index is 12.9. The average molecular weight is 347 g/mol. The van der Waals surface area contributed by atoms with Crippen LogP contribution in [0.25, 0.3) is 0 Å². The smallest absolute Gasteiger partial charge is 0.246 e. The Morgan fingerprint density at radius 2 is 1.77 bits per heavy atom. The van der Waals surface area contributed by atoms with E-state index in [1.807, 2.05) is 0 Å². The molecular weight excluding hydrogens is 324 g/mol. The van der Waals surface area contributed by atoms with Gasteiger partial charge in [-0.3, -0.25) is 0 Å². The van der Waals surface area contributed by atoms with Crippen LogP contribution in [-0.4, -0.2) is 45.0 Å². The van der Waals surface area contributed by atoms with Crippen LogP contribution in [0.4, 0.5) is 0 Å². The van der Waals surface area contributed by atoms with Gasteiger partial charge in [-0.25, -0.2) is 8.42 Å². The summed E-state index contributed by atoms with van der Waals surface area (Å²) in [6, 6.07) is 7.80. The number of methoxy groups -OCH3 is 1. The Bertz CT molecular complexity index is 611. The molecule has 1 aromatic rings. The standard InChI is InChI=1S/C15H22N2O3S.ClH/c1-17(13-9-11-7-8-12(10-13)16-11)21(18,19)15-6-4-3-5-14(15)20-2;/h3-6,11-13,16H,7-10H2,1-2H3;1H. The number of ether oxygens (including phenoxy) is 1. The number of para-hydroxylation sites is 1. The monoisotopic (exact) mass is 346 g/mol.